The third-order valence-corrected chi connectivity index (χ3v) is 4.09. The maximum absolute atomic E-state index is 13.5. The third-order valence-electron chi connectivity index (χ3n) is 3.03. The van der Waals surface area contributed by atoms with Crippen molar-refractivity contribution in [3.05, 3.63) is 36.1 Å². The highest BCUT2D eigenvalue weighted by atomic mass is 32.2. The first-order chi connectivity index (χ1) is 10.2. The fourth-order valence-electron chi connectivity index (χ4n) is 2.01. The molecule has 110 valence electrons. The van der Waals surface area contributed by atoms with Crippen LogP contribution in [0.15, 0.2) is 40.1 Å². The van der Waals surface area contributed by atoms with Gasteiger partial charge in [-0.05, 0) is 24.3 Å². The highest BCUT2D eigenvalue weighted by Gasteiger charge is 2.14. The van der Waals surface area contributed by atoms with E-state index in [2.05, 4.69) is 0 Å². The van der Waals surface area contributed by atoms with Crippen molar-refractivity contribution >= 4 is 17.4 Å². The lowest BCUT2D eigenvalue weighted by atomic mass is 10.3. The number of nitrogen functional groups attached to an aromatic ring is 1. The first-order valence-electron chi connectivity index (χ1n) is 6.38. The molecule has 0 radical (unpaired) electrons. The van der Waals surface area contributed by atoms with Gasteiger partial charge in [0.2, 0.25) is 0 Å². The predicted molar refractivity (Wildman–Crippen MR) is 78.9 cm³/mol. The van der Waals surface area contributed by atoms with Crippen LogP contribution in [0.1, 0.15) is 0 Å². The smallest absolute Gasteiger partial charge is 0.167 e. The Labute approximate surface area is 126 Å². The van der Waals surface area contributed by atoms with E-state index in [0.717, 1.165) is 15.5 Å². The van der Waals surface area contributed by atoms with E-state index in [9.17, 15) is 4.39 Å². The summed E-state index contributed by atoms with van der Waals surface area (Å²) >= 11 is 1.42. The molecule has 2 aromatic carbocycles. The minimum atomic E-state index is -0.471. The molecule has 0 unspecified atom stereocenters. The van der Waals surface area contributed by atoms with Gasteiger partial charge in [0.1, 0.15) is 13.2 Å². The van der Waals surface area contributed by atoms with Crippen molar-refractivity contribution in [3.63, 3.8) is 0 Å². The summed E-state index contributed by atoms with van der Waals surface area (Å²) in [7, 11) is 1.42. The summed E-state index contributed by atoms with van der Waals surface area (Å²) in [6.07, 6.45) is 0. The van der Waals surface area contributed by atoms with Gasteiger partial charge < -0.3 is 19.9 Å². The topological polar surface area (TPSA) is 53.7 Å². The molecule has 1 aliphatic heterocycles. The Balaban J connectivity index is 1.90. The van der Waals surface area contributed by atoms with Crippen LogP contribution in [0.3, 0.4) is 0 Å². The van der Waals surface area contributed by atoms with E-state index in [1.54, 1.807) is 6.07 Å². The van der Waals surface area contributed by atoms with Crippen LogP contribution in [-0.2, 0) is 0 Å². The Hall–Kier alpha value is -2.08. The molecule has 0 fully saturated rings. The Morgan fingerprint density at radius 1 is 1.14 bits per heavy atom. The standard InChI is InChI=1S/C15H14FNO3S/c1-18-13-8-15(11(17)7-10(13)16)21-9-2-3-12-14(6-9)20-5-4-19-12/h2-3,6-8H,4-5,17H2,1H3. The number of hydrogen-bond acceptors (Lipinski definition) is 5. The highest BCUT2D eigenvalue weighted by molar-refractivity contribution is 7.99. The van der Waals surface area contributed by atoms with E-state index in [1.165, 1.54) is 24.9 Å². The van der Waals surface area contributed by atoms with Crippen LogP contribution in [0.4, 0.5) is 10.1 Å². The second-order valence-corrected chi connectivity index (χ2v) is 5.55. The quantitative estimate of drug-likeness (QED) is 0.881. The molecule has 0 saturated heterocycles. The molecule has 0 saturated carbocycles. The molecule has 0 amide bonds. The zero-order chi connectivity index (χ0) is 14.8. The molecule has 4 nitrogen and oxygen atoms in total. The average molecular weight is 307 g/mol. The number of fused-ring (bicyclic) bond motifs is 1. The van der Waals surface area contributed by atoms with Crippen LogP contribution in [0.5, 0.6) is 17.2 Å². The Morgan fingerprint density at radius 2 is 1.90 bits per heavy atom. The number of halogens is 1. The van der Waals surface area contributed by atoms with E-state index >= 15 is 0 Å². The minimum absolute atomic E-state index is 0.171. The summed E-state index contributed by atoms with van der Waals surface area (Å²) in [5.74, 6) is 1.14. The Morgan fingerprint density at radius 3 is 2.67 bits per heavy atom. The molecule has 6 heteroatoms. The lowest BCUT2D eigenvalue weighted by Gasteiger charge is -2.19. The van der Waals surface area contributed by atoms with E-state index in [1.807, 2.05) is 18.2 Å². The maximum atomic E-state index is 13.5. The number of methoxy groups -OCH3 is 1. The fraction of sp³-hybridized carbons (Fsp3) is 0.200. The molecule has 3 rings (SSSR count). The second kappa shape index (κ2) is 5.73. The van der Waals surface area contributed by atoms with Crippen molar-refractivity contribution in [2.45, 2.75) is 9.79 Å². The van der Waals surface area contributed by atoms with Gasteiger partial charge in [0, 0.05) is 21.5 Å². The van der Waals surface area contributed by atoms with Gasteiger partial charge in [0.05, 0.1) is 7.11 Å². The molecule has 1 heterocycles. The number of anilines is 1. The van der Waals surface area contributed by atoms with Gasteiger partial charge in [0.25, 0.3) is 0 Å². The second-order valence-electron chi connectivity index (χ2n) is 4.43. The van der Waals surface area contributed by atoms with E-state index < -0.39 is 5.82 Å². The summed E-state index contributed by atoms with van der Waals surface area (Å²) < 4.78 is 29.5. The Bertz CT molecular complexity index is 678. The molecule has 2 aromatic rings. The van der Waals surface area contributed by atoms with Crippen molar-refractivity contribution in [3.8, 4) is 17.2 Å². The van der Waals surface area contributed by atoms with Crippen molar-refractivity contribution < 1.29 is 18.6 Å². The van der Waals surface area contributed by atoms with E-state index in [-0.39, 0.29) is 5.75 Å². The highest BCUT2D eigenvalue weighted by Crippen LogP contribution is 2.40. The summed E-state index contributed by atoms with van der Waals surface area (Å²) in [6, 6.07) is 8.50. The first kappa shape index (κ1) is 13.9. The lowest BCUT2D eigenvalue weighted by molar-refractivity contribution is 0.171. The van der Waals surface area contributed by atoms with Gasteiger partial charge in [-0.25, -0.2) is 4.39 Å². The lowest BCUT2D eigenvalue weighted by Crippen LogP contribution is -2.15. The maximum Gasteiger partial charge on any atom is 0.167 e. The van der Waals surface area contributed by atoms with E-state index in [4.69, 9.17) is 19.9 Å². The molecule has 0 aromatic heterocycles. The van der Waals surface area contributed by atoms with E-state index in [0.29, 0.717) is 24.7 Å². The molecular weight excluding hydrogens is 293 g/mol. The van der Waals surface area contributed by atoms with Crippen molar-refractivity contribution in [1.29, 1.82) is 0 Å². The van der Waals surface area contributed by atoms with Crippen molar-refractivity contribution in [1.82, 2.24) is 0 Å². The van der Waals surface area contributed by atoms with Crippen LogP contribution in [-0.4, -0.2) is 20.3 Å². The SMILES string of the molecule is COc1cc(Sc2ccc3c(c2)OCCO3)c(N)cc1F. The molecule has 0 bridgehead atoms. The number of benzene rings is 2. The molecule has 21 heavy (non-hydrogen) atoms. The van der Waals surface area contributed by atoms with Gasteiger partial charge in [-0.2, -0.15) is 0 Å². The molecule has 0 spiro atoms. The van der Waals surface area contributed by atoms with Gasteiger partial charge >= 0.3 is 0 Å². The van der Waals surface area contributed by atoms with Crippen LogP contribution >= 0.6 is 11.8 Å². The largest absolute Gasteiger partial charge is 0.494 e. The zero-order valence-corrected chi connectivity index (χ0v) is 12.2. The summed E-state index contributed by atoms with van der Waals surface area (Å²) in [5, 5.41) is 0. The minimum Gasteiger partial charge on any atom is -0.494 e. The molecular formula is C15H14FNO3S. The molecule has 0 aliphatic carbocycles. The van der Waals surface area contributed by atoms with Crippen LogP contribution in [0.25, 0.3) is 0 Å². The summed E-state index contributed by atoms with van der Waals surface area (Å²) in [4.78, 5) is 1.66. The zero-order valence-electron chi connectivity index (χ0n) is 11.4. The molecule has 1 aliphatic rings. The molecule has 0 atom stereocenters. The summed E-state index contributed by atoms with van der Waals surface area (Å²) in [6.45, 7) is 1.09. The fourth-order valence-corrected chi connectivity index (χ4v) is 2.91. The normalized spacial score (nSPS) is 13.0. The molecule has 2 N–H and O–H groups in total. The van der Waals surface area contributed by atoms with Crippen LogP contribution < -0.4 is 19.9 Å². The van der Waals surface area contributed by atoms with Crippen molar-refractivity contribution in [2.24, 2.45) is 0 Å². The average Bonchev–Trinajstić information content (AvgIpc) is 2.50. The number of rotatable bonds is 3. The van der Waals surface area contributed by atoms with Crippen LogP contribution in [0, 0.1) is 5.82 Å². The van der Waals surface area contributed by atoms with Gasteiger partial charge in [-0.3, -0.25) is 0 Å². The number of nitrogens with two attached hydrogens (primary N) is 1. The van der Waals surface area contributed by atoms with Crippen LogP contribution in [0.2, 0.25) is 0 Å². The van der Waals surface area contributed by atoms with Crippen molar-refractivity contribution in [2.75, 3.05) is 26.1 Å². The predicted octanol–water partition coefficient (Wildman–Crippen LogP) is 3.34. The first-order valence-corrected chi connectivity index (χ1v) is 7.19. The summed E-state index contributed by atoms with van der Waals surface area (Å²) in [5.41, 5.74) is 6.23. The van der Waals surface area contributed by atoms with Gasteiger partial charge in [-0.15, -0.1) is 0 Å². The van der Waals surface area contributed by atoms with Gasteiger partial charge in [-0.1, -0.05) is 11.8 Å². The Kier molecular flexibility index (Phi) is 3.79. The third kappa shape index (κ3) is 2.85. The number of ether oxygens (including phenoxy) is 3. The monoisotopic (exact) mass is 307 g/mol. The van der Waals surface area contributed by atoms with Gasteiger partial charge in [0.15, 0.2) is 23.1 Å². The number of hydrogen-bond donors (Lipinski definition) is 1.